The van der Waals surface area contributed by atoms with Gasteiger partial charge in [-0.15, -0.1) is 0 Å². The number of likely N-dealkylation sites (N-methyl/N-ethyl adjacent to an activating group) is 1. The molecule has 0 unspecified atom stereocenters. The van der Waals surface area contributed by atoms with Gasteiger partial charge in [0.2, 0.25) is 5.91 Å². The summed E-state index contributed by atoms with van der Waals surface area (Å²) in [6, 6.07) is 5.93. The van der Waals surface area contributed by atoms with Crippen molar-refractivity contribution in [3.8, 4) is 0 Å². The Morgan fingerprint density at radius 1 is 1.29 bits per heavy atom. The predicted octanol–water partition coefficient (Wildman–Crippen LogP) is 0.928. The van der Waals surface area contributed by atoms with Crippen LogP contribution in [0.25, 0.3) is 11.0 Å². The van der Waals surface area contributed by atoms with E-state index in [4.69, 9.17) is 0 Å². The Morgan fingerprint density at radius 3 is 2.71 bits per heavy atom. The summed E-state index contributed by atoms with van der Waals surface area (Å²) >= 11 is 0. The highest BCUT2D eigenvalue weighted by Crippen LogP contribution is 2.07. The number of aryl methyl sites for hydroxylation is 1. The van der Waals surface area contributed by atoms with Crippen molar-refractivity contribution in [2.24, 2.45) is 7.05 Å². The van der Waals surface area contributed by atoms with Crippen molar-refractivity contribution in [2.45, 2.75) is 13.1 Å². The summed E-state index contributed by atoms with van der Waals surface area (Å²) in [6.07, 6.45) is 2.78. The van der Waals surface area contributed by atoms with Crippen LogP contribution in [0.15, 0.2) is 41.6 Å². The maximum absolute atomic E-state index is 12.9. The van der Waals surface area contributed by atoms with Crippen LogP contribution in [0.2, 0.25) is 0 Å². The molecule has 2 aromatic heterocycles. The maximum atomic E-state index is 12.9. The van der Waals surface area contributed by atoms with Crippen molar-refractivity contribution in [3.05, 3.63) is 58.5 Å². The number of fused-ring (bicyclic) bond motifs is 1. The molecular weight excluding hydrogens is 313 g/mol. The van der Waals surface area contributed by atoms with Crippen LogP contribution >= 0.6 is 0 Å². The van der Waals surface area contributed by atoms with Gasteiger partial charge in [0.1, 0.15) is 24.1 Å². The zero-order valence-electron chi connectivity index (χ0n) is 13.3. The number of hydrogen-bond donors (Lipinski definition) is 0. The number of halogens is 1. The summed E-state index contributed by atoms with van der Waals surface area (Å²) in [4.78, 5) is 30.3. The lowest BCUT2D eigenvalue weighted by Crippen LogP contribution is -2.33. The molecule has 1 aromatic carbocycles. The fourth-order valence-electron chi connectivity index (χ4n) is 2.40. The van der Waals surface area contributed by atoms with Gasteiger partial charge in [0.15, 0.2) is 5.65 Å². The number of benzene rings is 1. The molecule has 0 aliphatic carbocycles. The molecule has 0 aliphatic heterocycles. The van der Waals surface area contributed by atoms with Gasteiger partial charge in [-0.2, -0.15) is 5.10 Å². The number of aromatic nitrogens is 4. The van der Waals surface area contributed by atoms with Crippen LogP contribution in [-0.4, -0.2) is 37.2 Å². The van der Waals surface area contributed by atoms with E-state index >= 15 is 0 Å². The molecule has 0 fully saturated rings. The fraction of sp³-hybridized carbons (Fsp3) is 0.250. The van der Waals surface area contributed by atoms with E-state index < -0.39 is 0 Å². The van der Waals surface area contributed by atoms with Crippen LogP contribution < -0.4 is 5.56 Å². The summed E-state index contributed by atoms with van der Waals surface area (Å²) in [6.45, 7) is 0.213. The van der Waals surface area contributed by atoms with Crippen molar-refractivity contribution < 1.29 is 9.18 Å². The molecule has 0 atom stereocenters. The molecule has 0 saturated carbocycles. The van der Waals surface area contributed by atoms with Crippen molar-refractivity contribution in [1.82, 2.24) is 24.2 Å². The highest BCUT2D eigenvalue weighted by molar-refractivity contribution is 5.77. The van der Waals surface area contributed by atoms with Gasteiger partial charge in [-0.3, -0.25) is 18.8 Å². The largest absolute Gasteiger partial charge is 0.340 e. The highest BCUT2D eigenvalue weighted by Gasteiger charge is 2.14. The van der Waals surface area contributed by atoms with Crippen LogP contribution in [0.5, 0.6) is 0 Å². The van der Waals surface area contributed by atoms with Crippen LogP contribution in [0.1, 0.15) is 5.56 Å². The standard InChI is InChI=1S/C16H16FN5O2/c1-20(8-11-3-5-12(17)6-4-11)14(23)9-22-10-18-15-13(16(22)24)7-19-21(15)2/h3-7,10H,8-9H2,1-2H3. The number of rotatable bonds is 4. The first-order valence-corrected chi connectivity index (χ1v) is 7.31. The molecule has 0 radical (unpaired) electrons. The molecule has 3 aromatic rings. The van der Waals surface area contributed by atoms with Crippen molar-refractivity contribution in [1.29, 1.82) is 0 Å². The number of nitrogens with zero attached hydrogens (tertiary/aromatic N) is 5. The summed E-state index contributed by atoms with van der Waals surface area (Å²) in [7, 11) is 3.33. The Kier molecular flexibility index (Phi) is 4.11. The molecule has 0 spiro atoms. The molecule has 0 bridgehead atoms. The quantitative estimate of drug-likeness (QED) is 0.714. The number of carbonyl (C=O) groups is 1. The van der Waals surface area contributed by atoms with Gasteiger partial charge in [0.05, 0.1) is 6.20 Å². The van der Waals surface area contributed by atoms with Crippen molar-refractivity contribution in [2.75, 3.05) is 7.05 Å². The van der Waals surface area contributed by atoms with Gasteiger partial charge < -0.3 is 4.90 Å². The lowest BCUT2D eigenvalue weighted by Gasteiger charge is -2.17. The van der Waals surface area contributed by atoms with E-state index in [1.807, 2.05) is 0 Å². The van der Waals surface area contributed by atoms with Gasteiger partial charge >= 0.3 is 0 Å². The monoisotopic (exact) mass is 329 g/mol. The minimum Gasteiger partial charge on any atom is -0.340 e. The molecule has 2 heterocycles. The average Bonchev–Trinajstić information content (AvgIpc) is 2.94. The third-order valence-corrected chi connectivity index (χ3v) is 3.78. The molecule has 124 valence electrons. The van der Waals surface area contributed by atoms with E-state index in [1.165, 1.54) is 38.8 Å². The van der Waals surface area contributed by atoms with Crippen molar-refractivity contribution >= 4 is 16.9 Å². The van der Waals surface area contributed by atoms with E-state index in [1.54, 1.807) is 26.2 Å². The SMILES string of the molecule is CN(Cc1ccc(F)cc1)C(=O)Cn1cnc2c(cnn2C)c1=O. The molecule has 3 rings (SSSR count). The second kappa shape index (κ2) is 6.23. The lowest BCUT2D eigenvalue weighted by molar-refractivity contribution is -0.131. The summed E-state index contributed by atoms with van der Waals surface area (Å²) in [5.41, 5.74) is 0.973. The first-order valence-electron chi connectivity index (χ1n) is 7.31. The Hall–Kier alpha value is -3.03. The van der Waals surface area contributed by atoms with Crippen LogP contribution in [0.3, 0.4) is 0 Å². The molecule has 7 nitrogen and oxygen atoms in total. The fourth-order valence-corrected chi connectivity index (χ4v) is 2.40. The lowest BCUT2D eigenvalue weighted by atomic mass is 10.2. The van der Waals surface area contributed by atoms with E-state index in [2.05, 4.69) is 10.1 Å². The number of amides is 1. The first-order chi connectivity index (χ1) is 11.5. The predicted molar refractivity (Wildman–Crippen MR) is 85.6 cm³/mol. The summed E-state index contributed by atoms with van der Waals surface area (Å²) in [5.74, 6) is -0.568. The molecule has 24 heavy (non-hydrogen) atoms. The summed E-state index contributed by atoms with van der Waals surface area (Å²) in [5, 5.41) is 4.36. The number of carbonyl (C=O) groups excluding carboxylic acids is 1. The second-order valence-corrected chi connectivity index (χ2v) is 5.56. The van der Waals surface area contributed by atoms with E-state index in [0.717, 1.165) is 5.56 Å². The highest BCUT2D eigenvalue weighted by atomic mass is 19.1. The van der Waals surface area contributed by atoms with Gasteiger partial charge in [-0.25, -0.2) is 9.37 Å². The first kappa shape index (κ1) is 15.9. The van der Waals surface area contributed by atoms with Crippen LogP contribution in [0, 0.1) is 5.82 Å². The van der Waals surface area contributed by atoms with Crippen LogP contribution in [0.4, 0.5) is 4.39 Å². The molecule has 8 heteroatoms. The minimum absolute atomic E-state index is 0.117. The summed E-state index contributed by atoms with van der Waals surface area (Å²) < 4.78 is 15.7. The Bertz CT molecular complexity index is 945. The van der Waals surface area contributed by atoms with Crippen LogP contribution in [-0.2, 0) is 24.9 Å². The molecular formula is C16H16FN5O2. The minimum atomic E-state index is -0.324. The Balaban J connectivity index is 1.75. The normalized spacial score (nSPS) is 11.0. The van der Waals surface area contributed by atoms with Gasteiger partial charge in [-0.1, -0.05) is 12.1 Å². The smallest absolute Gasteiger partial charge is 0.264 e. The van der Waals surface area contributed by atoms with Gasteiger partial charge in [0.25, 0.3) is 5.56 Å². The third-order valence-electron chi connectivity index (χ3n) is 3.78. The molecule has 0 N–H and O–H groups in total. The van der Waals surface area contributed by atoms with Crippen molar-refractivity contribution in [3.63, 3.8) is 0 Å². The van der Waals surface area contributed by atoms with E-state index in [-0.39, 0.29) is 23.8 Å². The number of hydrogen-bond acceptors (Lipinski definition) is 4. The topological polar surface area (TPSA) is 73.0 Å². The maximum Gasteiger partial charge on any atom is 0.264 e. The third kappa shape index (κ3) is 3.03. The second-order valence-electron chi connectivity index (χ2n) is 5.56. The Morgan fingerprint density at radius 2 is 2.00 bits per heavy atom. The molecule has 0 aliphatic rings. The van der Waals surface area contributed by atoms with E-state index in [0.29, 0.717) is 17.6 Å². The average molecular weight is 329 g/mol. The molecule has 1 amide bonds. The Labute approximate surface area is 136 Å². The van der Waals surface area contributed by atoms with Gasteiger partial charge in [-0.05, 0) is 17.7 Å². The molecule has 0 saturated heterocycles. The zero-order chi connectivity index (χ0) is 17.3. The zero-order valence-corrected chi connectivity index (χ0v) is 13.3. The van der Waals surface area contributed by atoms with Gasteiger partial charge in [0, 0.05) is 20.6 Å². The van der Waals surface area contributed by atoms with E-state index in [9.17, 15) is 14.0 Å².